The van der Waals surface area contributed by atoms with Gasteiger partial charge in [-0.3, -0.25) is 14.9 Å². The highest BCUT2D eigenvalue weighted by atomic mass is 32.2. The molecule has 156 valence electrons. The normalized spacial score (nSPS) is 11.4. The SMILES string of the molecule is Cc1ccc(C(=O)Nc2cccc([N+](=O)[O-])c2)cc1S(=O)(=O)N(CCO)CCO. The van der Waals surface area contributed by atoms with Crippen molar-refractivity contribution in [2.24, 2.45) is 0 Å². The van der Waals surface area contributed by atoms with Crippen LogP contribution in [-0.2, 0) is 10.0 Å². The molecule has 0 aliphatic heterocycles. The molecule has 0 fully saturated rings. The van der Waals surface area contributed by atoms with Crippen LogP contribution in [0.25, 0.3) is 0 Å². The molecule has 29 heavy (non-hydrogen) atoms. The van der Waals surface area contributed by atoms with Gasteiger partial charge in [-0.2, -0.15) is 4.31 Å². The van der Waals surface area contributed by atoms with Gasteiger partial charge in [0.15, 0.2) is 0 Å². The Labute approximate surface area is 167 Å². The molecule has 2 aromatic rings. The maximum absolute atomic E-state index is 12.9. The molecular formula is C18H21N3O7S. The van der Waals surface area contributed by atoms with Crippen LogP contribution in [0.3, 0.4) is 0 Å². The molecule has 2 rings (SSSR count). The smallest absolute Gasteiger partial charge is 0.271 e. The average Bonchev–Trinajstić information content (AvgIpc) is 2.68. The maximum Gasteiger partial charge on any atom is 0.271 e. The van der Waals surface area contributed by atoms with Gasteiger partial charge in [-0.1, -0.05) is 12.1 Å². The average molecular weight is 423 g/mol. The number of nitro benzene ring substituents is 1. The molecule has 0 heterocycles. The number of aryl methyl sites for hydroxylation is 1. The molecule has 0 unspecified atom stereocenters. The second kappa shape index (κ2) is 9.56. The lowest BCUT2D eigenvalue weighted by Crippen LogP contribution is -2.36. The first-order valence-corrected chi connectivity index (χ1v) is 10.0. The first kappa shape index (κ1) is 22.4. The van der Waals surface area contributed by atoms with Gasteiger partial charge in [0.25, 0.3) is 11.6 Å². The van der Waals surface area contributed by atoms with Crippen molar-refractivity contribution >= 4 is 27.3 Å². The van der Waals surface area contributed by atoms with E-state index in [2.05, 4.69) is 5.32 Å². The Morgan fingerprint density at radius 2 is 1.79 bits per heavy atom. The summed E-state index contributed by atoms with van der Waals surface area (Å²) in [6.07, 6.45) is 0. The van der Waals surface area contributed by atoms with Crippen LogP contribution < -0.4 is 5.32 Å². The molecule has 2 aromatic carbocycles. The van der Waals surface area contributed by atoms with Gasteiger partial charge in [0.2, 0.25) is 10.0 Å². The summed E-state index contributed by atoms with van der Waals surface area (Å²) in [6.45, 7) is 0.306. The minimum absolute atomic E-state index is 0.0358. The molecule has 0 aliphatic rings. The fourth-order valence-corrected chi connectivity index (χ4v) is 4.31. The van der Waals surface area contributed by atoms with Crippen molar-refractivity contribution < 1.29 is 28.3 Å². The Kier molecular flexibility index (Phi) is 7.40. The van der Waals surface area contributed by atoms with Gasteiger partial charge in [-0.15, -0.1) is 0 Å². The lowest BCUT2D eigenvalue weighted by Gasteiger charge is -2.21. The number of carbonyl (C=O) groups is 1. The molecule has 1 amide bonds. The highest BCUT2D eigenvalue weighted by Crippen LogP contribution is 2.23. The van der Waals surface area contributed by atoms with E-state index in [1.54, 1.807) is 6.92 Å². The van der Waals surface area contributed by atoms with Gasteiger partial charge in [0.05, 0.1) is 23.0 Å². The van der Waals surface area contributed by atoms with Crippen LogP contribution in [0.15, 0.2) is 47.4 Å². The lowest BCUT2D eigenvalue weighted by molar-refractivity contribution is -0.384. The van der Waals surface area contributed by atoms with Gasteiger partial charge in [-0.05, 0) is 30.7 Å². The first-order chi connectivity index (χ1) is 13.7. The van der Waals surface area contributed by atoms with Crippen LogP contribution in [0, 0.1) is 17.0 Å². The van der Waals surface area contributed by atoms with Gasteiger partial charge >= 0.3 is 0 Å². The van der Waals surface area contributed by atoms with Crippen molar-refractivity contribution in [2.75, 3.05) is 31.6 Å². The van der Waals surface area contributed by atoms with E-state index in [1.807, 2.05) is 0 Å². The van der Waals surface area contributed by atoms with Gasteiger partial charge in [0.1, 0.15) is 0 Å². The minimum atomic E-state index is -4.06. The maximum atomic E-state index is 12.9. The van der Waals surface area contributed by atoms with Crippen molar-refractivity contribution in [1.82, 2.24) is 4.31 Å². The second-order valence-electron chi connectivity index (χ2n) is 6.09. The van der Waals surface area contributed by atoms with Crippen molar-refractivity contribution in [1.29, 1.82) is 0 Å². The standard InChI is InChI=1S/C18H21N3O7S/c1-13-5-6-14(11-17(13)29(27,28)20(7-9-22)8-10-23)18(24)19-15-3-2-4-16(12-15)21(25)26/h2-6,11-12,22-23H,7-10H2,1H3,(H,19,24). The van der Waals surface area contributed by atoms with Crippen LogP contribution in [0.1, 0.15) is 15.9 Å². The zero-order valence-corrected chi connectivity index (χ0v) is 16.4. The summed E-state index contributed by atoms with van der Waals surface area (Å²) >= 11 is 0. The van der Waals surface area contributed by atoms with Gasteiger partial charge in [-0.25, -0.2) is 8.42 Å². The number of hydrogen-bond donors (Lipinski definition) is 3. The summed E-state index contributed by atoms with van der Waals surface area (Å²) in [5.41, 5.74) is 0.418. The lowest BCUT2D eigenvalue weighted by atomic mass is 10.1. The minimum Gasteiger partial charge on any atom is -0.395 e. The number of aliphatic hydroxyl groups excluding tert-OH is 2. The number of aliphatic hydroxyl groups is 2. The zero-order valence-electron chi connectivity index (χ0n) is 15.6. The Bertz CT molecular complexity index is 1000. The van der Waals surface area contributed by atoms with E-state index in [-0.39, 0.29) is 34.9 Å². The largest absolute Gasteiger partial charge is 0.395 e. The van der Waals surface area contributed by atoms with E-state index < -0.39 is 34.1 Å². The number of nitrogens with one attached hydrogen (secondary N) is 1. The Hall–Kier alpha value is -2.86. The number of non-ortho nitro benzene ring substituents is 1. The fourth-order valence-electron chi connectivity index (χ4n) is 2.63. The van der Waals surface area contributed by atoms with Crippen LogP contribution in [0.5, 0.6) is 0 Å². The van der Waals surface area contributed by atoms with Crippen molar-refractivity contribution in [3.8, 4) is 0 Å². The number of anilines is 1. The summed E-state index contributed by atoms with van der Waals surface area (Å²) in [5, 5.41) is 31.6. The summed E-state index contributed by atoms with van der Waals surface area (Å²) < 4.78 is 26.7. The molecular weight excluding hydrogens is 402 g/mol. The Morgan fingerprint density at radius 1 is 1.14 bits per heavy atom. The van der Waals surface area contributed by atoms with Crippen molar-refractivity contribution in [3.05, 3.63) is 63.7 Å². The molecule has 0 saturated carbocycles. The van der Waals surface area contributed by atoms with Gasteiger partial charge < -0.3 is 15.5 Å². The molecule has 0 atom stereocenters. The predicted octanol–water partition coefficient (Wildman–Crippen LogP) is 1.13. The number of nitrogens with zero attached hydrogens (tertiary/aromatic N) is 2. The molecule has 0 bridgehead atoms. The number of rotatable bonds is 9. The number of hydrogen-bond acceptors (Lipinski definition) is 7. The highest BCUT2D eigenvalue weighted by molar-refractivity contribution is 7.89. The topological polar surface area (TPSA) is 150 Å². The number of carbonyl (C=O) groups excluding carboxylic acids is 1. The predicted molar refractivity (Wildman–Crippen MR) is 105 cm³/mol. The van der Waals surface area contributed by atoms with Crippen LogP contribution in [-0.4, -0.2) is 60.1 Å². The molecule has 3 N–H and O–H groups in total. The zero-order chi connectivity index (χ0) is 21.6. The van der Waals surface area contributed by atoms with E-state index in [1.165, 1.54) is 42.5 Å². The number of nitro groups is 1. The van der Waals surface area contributed by atoms with Crippen molar-refractivity contribution in [2.45, 2.75) is 11.8 Å². The number of sulfonamides is 1. The third kappa shape index (κ3) is 5.35. The number of amides is 1. The van der Waals surface area contributed by atoms with E-state index in [0.29, 0.717) is 5.56 Å². The first-order valence-electron chi connectivity index (χ1n) is 8.59. The fraction of sp³-hybridized carbons (Fsp3) is 0.278. The molecule has 0 aromatic heterocycles. The summed E-state index contributed by atoms with van der Waals surface area (Å²) in [5.74, 6) is -0.641. The van der Waals surface area contributed by atoms with Crippen molar-refractivity contribution in [3.63, 3.8) is 0 Å². The Balaban J connectivity index is 2.35. The third-order valence-corrected chi connectivity index (χ3v) is 6.12. The summed E-state index contributed by atoms with van der Waals surface area (Å²) in [4.78, 5) is 22.7. The van der Waals surface area contributed by atoms with Gasteiger partial charge in [0, 0.05) is 36.5 Å². The number of benzene rings is 2. The molecule has 0 aliphatic carbocycles. The molecule has 10 nitrogen and oxygen atoms in total. The van der Waals surface area contributed by atoms with Crippen LogP contribution in [0.4, 0.5) is 11.4 Å². The molecule has 0 spiro atoms. The summed E-state index contributed by atoms with van der Waals surface area (Å²) in [6, 6.07) is 9.45. The van der Waals surface area contributed by atoms with E-state index in [4.69, 9.17) is 10.2 Å². The second-order valence-corrected chi connectivity index (χ2v) is 8.00. The Morgan fingerprint density at radius 3 is 2.38 bits per heavy atom. The van der Waals surface area contributed by atoms with Crippen LogP contribution in [0.2, 0.25) is 0 Å². The van der Waals surface area contributed by atoms with E-state index >= 15 is 0 Å². The van der Waals surface area contributed by atoms with E-state index in [0.717, 1.165) is 4.31 Å². The quantitative estimate of drug-likeness (QED) is 0.404. The molecule has 0 saturated heterocycles. The highest BCUT2D eigenvalue weighted by Gasteiger charge is 2.26. The van der Waals surface area contributed by atoms with E-state index in [9.17, 15) is 23.3 Å². The molecule has 0 radical (unpaired) electrons. The van der Waals surface area contributed by atoms with Crippen LogP contribution >= 0.6 is 0 Å². The summed E-state index contributed by atoms with van der Waals surface area (Å²) in [7, 11) is -4.06. The molecule has 11 heteroatoms. The monoisotopic (exact) mass is 423 g/mol. The third-order valence-electron chi connectivity index (χ3n) is 4.08.